The van der Waals surface area contributed by atoms with Crippen molar-refractivity contribution in [3.8, 4) is 78.9 Å². The van der Waals surface area contributed by atoms with E-state index in [0.717, 1.165) is 72.9 Å². The maximum Gasteiger partial charge on any atom is 0.124 e. The average molecular weight is 831 g/mol. The third kappa shape index (κ3) is 7.75. The number of benzene rings is 6. The smallest absolute Gasteiger partial charge is 0.124 e. The Morgan fingerprint density at radius 1 is 0.391 bits per heavy atom. The van der Waals surface area contributed by atoms with Gasteiger partial charge in [0.05, 0.1) is 39.5 Å². The zero-order valence-corrected chi connectivity index (χ0v) is 37.1. The highest BCUT2D eigenvalue weighted by Crippen LogP contribution is 2.40. The summed E-state index contributed by atoms with van der Waals surface area (Å²) in [6.45, 7) is 13.6. The van der Waals surface area contributed by atoms with Gasteiger partial charge in [-0.15, -0.1) is 0 Å². The molecule has 0 saturated carbocycles. The van der Waals surface area contributed by atoms with Crippen molar-refractivity contribution < 1.29 is 5.11 Å². The standard InChI is InChI=1S/C59H50N4O/c1-58(2,3)44-31-42(32-45(37-44)59(4,5)6)43-34-53(62-54(35-43)49-21-8-10-26-57(49)64)39-17-13-16-38(30-39)51-23-15-24-52(61-51)41-27-28-48-47-20-7-9-25-55(47)63(56(48)36-41)46-19-14-18-40(33-46)50-22-11-12-29-60-50/h7-37,64H,1-6H3. The Morgan fingerprint density at radius 3 is 1.67 bits per heavy atom. The Labute approximate surface area is 375 Å². The molecule has 10 aromatic rings. The molecule has 1 N–H and O–H groups in total. The number of aromatic hydroxyl groups is 1. The van der Waals surface area contributed by atoms with E-state index in [9.17, 15) is 5.11 Å². The van der Waals surface area contributed by atoms with Crippen LogP contribution in [0.3, 0.4) is 0 Å². The van der Waals surface area contributed by atoms with Gasteiger partial charge in [-0.05, 0) is 112 Å². The minimum Gasteiger partial charge on any atom is -0.507 e. The first-order valence-corrected chi connectivity index (χ1v) is 22.0. The molecular formula is C59H50N4O. The lowest BCUT2D eigenvalue weighted by Gasteiger charge is -2.26. The summed E-state index contributed by atoms with van der Waals surface area (Å²) in [6, 6.07) is 63.3. The number of pyridine rings is 3. The van der Waals surface area contributed by atoms with Gasteiger partial charge >= 0.3 is 0 Å². The fraction of sp³-hybridized carbons (Fsp3) is 0.136. The van der Waals surface area contributed by atoms with Crippen LogP contribution in [0.15, 0.2) is 188 Å². The quantitative estimate of drug-likeness (QED) is 0.174. The zero-order valence-electron chi connectivity index (χ0n) is 37.1. The Kier molecular flexibility index (Phi) is 10.1. The Bertz CT molecular complexity index is 3340. The molecule has 0 atom stereocenters. The van der Waals surface area contributed by atoms with E-state index < -0.39 is 0 Å². The zero-order chi connectivity index (χ0) is 44.2. The van der Waals surface area contributed by atoms with E-state index in [1.807, 2.05) is 42.6 Å². The summed E-state index contributed by atoms with van der Waals surface area (Å²) in [7, 11) is 0. The van der Waals surface area contributed by atoms with E-state index in [-0.39, 0.29) is 16.6 Å². The molecule has 0 spiro atoms. The van der Waals surface area contributed by atoms with Gasteiger partial charge in [-0.1, -0.05) is 145 Å². The average Bonchev–Trinajstić information content (AvgIpc) is 3.65. The largest absolute Gasteiger partial charge is 0.507 e. The molecule has 4 heterocycles. The molecule has 64 heavy (non-hydrogen) atoms. The molecule has 312 valence electrons. The number of phenols is 1. The van der Waals surface area contributed by atoms with Gasteiger partial charge in [0.15, 0.2) is 0 Å². The third-order valence-electron chi connectivity index (χ3n) is 12.2. The number of rotatable bonds is 7. The Hall–Kier alpha value is -7.63. The Morgan fingerprint density at radius 2 is 0.953 bits per heavy atom. The van der Waals surface area contributed by atoms with Crippen LogP contribution in [0, 0.1) is 0 Å². The van der Waals surface area contributed by atoms with Gasteiger partial charge in [0.2, 0.25) is 0 Å². The number of aromatic nitrogens is 4. The molecule has 0 aliphatic rings. The minimum atomic E-state index is -0.0428. The monoisotopic (exact) mass is 830 g/mol. The van der Waals surface area contributed by atoms with Crippen LogP contribution in [0.4, 0.5) is 0 Å². The predicted octanol–water partition coefficient (Wildman–Crippen LogP) is 15.3. The Balaban J connectivity index is 1.07. The van der Waals surface area contributed by atoms with Crippen molar-refractivity contribution in [2.24, 2.45) is 0 Å². The summed E-state index contributed by atoms with van der Waals surface area (Å²) < 4.78 is 2.35. The summed E-state index contributed by atoms with van der Waals surface area (Å²) in [6.07, 6.45) is 1.84. The first kappa shape index (κ1) is 40.4. The normalized spacial score (nSPS) is 12.0. The van der Waals surface area contributed by atoms with Crippen LogP contribution in [0.1, 0.15) is 52.7 Å². The molecule has 0 amide bonds. The summed E-state index contributed by atoms with van der Waals surface area (Å²) in [5.74, 6) is 0.197. The lowest BCUT2D eigenvalue weighted by Crippen LogP contribution is -2.16. The van der Waals surface area contributed by atoms with Gasteiger partial charge in [0.1, 0.15) is 5.75 Å². The minimum absolute atomic E-state index is 0.0428. The lowest BCUT2D eigenvalue weighted by molar-refractivity contribution is 0.477. The van der Waals surface area contributed by atoms with Crippen LogP contribution in [0.25, 0.3) is 94.9 Å². The van der Waals surface area contributed by atoms with Crippen LogP contribution < -0.4 is 0 Å². The van der Waals surface area contributed by atoms with Gasteiger partial charge in [-0.25, -0.2) is 9.97 Å². The van der Waals surface area contributed by atoms with Gasteiger partial charge < -0.3 is 9.67 Å². The van der Waals surface area contributed by atoms with Crippen molar-refractivity contribution in [3.63, 3.8) is 0 Å². The highest BCUT2D eigenvalue weighted by Gasteiger charge is 2.22. The second kappa shape index (κ2) is 15.9. The van der Waals surface area contributed by atoms with E-state index in [1.165, 1.54) is 21.9 Å². The van der Waals surface area contributed by atoms with Gasteiger partial charge in [-0.3, -0.25) is 4.98 Å². The molecule has 10 rings (SSSR count). The first-order chi connectivity index (χ1) is 30.9. The van der Waals surface area contributed by atoms with Crippen LogP contribution in [-0.4, -0.2) is 24.6 Å². The summed E-state index contributed by atoms with van der Waals surface area (Å²) in [5.41, 5.74) is 16.9. The third-order valence-corrected chi connectivity index (χ3v) is 12.2. The summed E-state index contributed by atoms with van der Waals surface area (Å²) in [5, 5.41) is 13.5. The molecule has 0 fully saturated rings. The molecule has 0 saturated heterocycles. The molecule has 0 aliphatic carbocycles. The van der Waals surface area contributed by atoms with Crippen molar-refractivity contribution in [2.75, 3.05) is 0 Å². The topological polar surface area (TPSA) is 63.8 Å². The fourth-order valence-corrected chi connectivity index (χ4v) is 8.67. The molecule has 0 aliphatic heterocycles. The van der Waals surface area contributed by atoms with Gasteiger partial charge in [0, 0.05) is 50.5 Å². The second-order valence-electron chi connectivity index (χ2n) is 18.8. The predicted molar refractivity (Wildman–Crippen MR) is 266 cm³/mol. The van der Waals surface area contributed by atoms with Crippen molar-refractivity contribution in [2.45, 2.75) is 52.4 Å². The molecular weight excluding hydrogens is 781 g/mol. The van der Waals surface area contributed by atoms with Crippen LogP contribution in [0.5, 0.6) is 5.75 Å². The first-order valence-electron chi connectivity index (χ1n) is 22.0. The second-order valence-corrected chi connectivity index (χ2v) is 18.8. The van der Waals surface area contributed by atoms with E-state index in [4.69, 9.17) is 9.97 Å². The highest BCUT2D eigenvalue weighted by atomic mass is 16.3. The van der Waals surface area contributed by atoms with Crippen LogP contribution >= 0.6 is 0 Å². The molecule has 0 bridgehead atoms. The summed E-state index contributed by atoms with van der Waals surface area (Å²) in [4.78, 5) is 15.2. The van der Waals surface area contributed by atoms with Crippen LogP contribution in [-0.2, 0) is 10.8 Å². The van der Waals surface area contributed by atoms with Crippen molar-refractivity contribution in [1.82, 2.24) is 19.5 Å². The number of phenolic OH excluding ortho intramolecular Hbond substituents is 1. The highest BCUT2D eigenvalue weighted by molar-refractivity contribution is 6.10. The van der Waals surface area contributed by atoms with Crippen molar-refractivity contribution >= 4 is 21.8 Å². The SMILES string of the molecule is CC(C)(C)c1cc(-c2cc(-c3cccc(-c4cccc(-c5ccc6c7ccccc7n(-c7cccc(-c8ccccn8)c7)c6c5)n4)c3)nc(-c3ccccc3O)c2)cc(C(C)(C)C)c1. The number of hydrogen-bond donors (Lipinski definition) is 1. The van der Waals surface area contributed by atoms with E-state index >= 15 is 0 Å². The number of para-hydroxylation sites is 2. The number of fused-ring (bicyclic) bond motifs is 3. The van der Waals surface area contributed by atoms with Gasteiger partial charge in [0.25, 0.3) is 0 Å². The molecule has 0 radical (unpaired) electrons. The van der Waals surface area contributed by atoms with E-state index in [1.54, 1.807) is 6.07 Å². The maximum absolute atomic E-state index is 11.1. The van der Waals surface area contributed by atoms with E-state index in [2.05, 4.69) is 191 Å². The van der Waals surface area contributed by atoms with Crippen LogP contribution in [0.2, 0.25) is 0 Å². The molecule has 4 aromatic heterocycles. The molecule has 5 nitrogen and oxygen atoms in total. The number of nitrogens with zero attached hydrogens (tertiary/aromatic N) is 4. The van der Waals surface area contributed by atoms with E-state index in [0.29, 0.717) is 11.3 Å². The fourth-order valence-electron chi connectivity index (χ4n) is 8.67. The number of hydrogen-bond acceptors (Lipinski definition) is 4. The maximum atomic E-state index is 11.1. The molecule has 6 aromatic carbocycles. The van der Waals surface area contributed by atoms with Crippen molar-refractivity contribution in [3.05, 3.63) is 199 Å². The summed E-state index contributed by atoms with van der Waals surface area (Å²) >= 11 is 0. The van der Waals surface area contributed by atoms with Crippen molar-refractivity contribution in [1.29, 1.82) is 0 Å². The lowest BCUT2D eigenvalue weighted by atomic mass is 9.79. The molecule has 0 unspecified atom stereocenters. The molecule has 5 heteroatoms. The van der Waals surface area contributed by atoms with Gasteiger partial charge in [-0.2, -0.15) is 0 Å².